The summed E-state index contributed by atoms with van der Waals surface area (Å²) in [5, 5.41) is 2.60. The van der Waals surface area contributed by atoms with Gasteiger partial charge in [0.1, 0.15) is 16.5 Å². The maximum Gasteiger partial charge on any atom is 0.309 e. The fourth-order valence-corrected chi connectivity index (χ4v) is 4.25. The normalized spacial score (nSPS) is 19.5. The molecule has 2 atom stereocenters. The van der Waals surface area contributed by atoms with Crippen molar-refractivity contribution in [3.05, 3.63) is 35.3 Å². The van der Waals surface area contributed by atoms with Crippen LogP contribution in [0.5, 0.6) is 5.75 Å². The smallest absolute Gasteiger partial charge is 0.309 e. The molecule has 7 heteroatoms. The largest absolute Gasteiger partial charge is 0.491 e. The van der Waals surface area contributed by atoms with Gasteiger partial charge >= 0.3 is 5.97 Å². The predicted molar refractivity (Wildman–Crippen MR) is 109 cm³/mol. The van der Waals surface area contributed by atoms with Crippen molar-refractivity contribution in [2.75, 3.05) is 20.2 Å². The van der Waals surface area contributed by atoms with Crippen LogP contribution in [0.3, 0.4) is 0 Å². The maximum atomic E-state index is 12.8. The molecular formula is C21H26N2O4S. The molecule has 0 aliphatic carbocycles. The number of nitrogens with zero attached hydrogens (tertiary/aromatic N) is 2. The summed E-state index contributed by atoms with van der Waals surface area (Å²) in [6.07, 6.45) is 0.745. The lowest BCUT2D eigenvalue weighted by atomic mass is 9.87. The van der Waals surface area contributed by atoms with E-state index in [0.29, 0.717) is 25.2 Å². The first-order valence-electron chi connectivity index (χ1n) is 9.48. The van der Waals surface area contributed by atoms with Crippen molar-refractivity contribution < 1.29 is 19.1 Å². The molecule has 0 saturated carbocycles. The number of hydrogen-bond acceptors (Lipinski definition) is 6. The number of ether oxygens (including phenoxy) is 2. The minimum Gasteiger partial charge on any atom is -0.491 e. The average molecular weight is 403 g/mol. The third-order valence-electron chi connectivity index (χ3n) is 4.89. The predicted octanol–water partition coefficient (Wildman–Crippen LogP) is 3.87. The number of aromatic nitrogens is 1. The number of rotatable bonds is 5. The third kappa shape index (κ3) is 4.52. The number of benzene rings is 1. The monoisotopic (exact) mass is 402 g/mol. The van der Waals surface area contributed by atoms with Gasteiger partial charge in [0.25, 0.3) is 5.91 Å². The van der Waals surface area contributed by atoms with E-state index >= 15 is 0 Å². The molecule has 2 heterocycles. The summed E-state index contributed by atoms with van der Waals surface area (Å²) in [6.45, 7) is 7.03. The number of likely N-dealkylation sites (tertiary alicyclic amines) is 1. The van der Waals surface area contributed by atoms with E-state index in [0.717, 1.165) is 16.3 Å². The minimum atomic E-state index is -0.194. The van der Waals surface area contributed by atoms with Crippen LogP contribution in [0.25, 0.3) is 10.6 Å². The zero-order chi connectivity index (χ0) is 20.3. The lowest BCUT2D eigenvalue weighted by Crippen LogP contribution is -2.45. The second kappa shape index (κ2) is 8.73. The van der Waals surface area contributed by atoms with Crippen molar-refractivity contribution in [2.24, 2.45) is 11.8 Å². The van der Waals surface area contributed by atoms with Gasteiger partial charge in [-0.05, 0) is 50.5 Å². The molecule has 28 heavy (non-hydrogen) atoms. The SMILES string of the molecule is COC(=O)[C@@H]1CCN(C(=O)c2csc(-c3ccc(OC(C)C)cc3)n2)C[C@H]1C. The summed E-state index contributed by atoms with van der Waals surface area (Å²) in [4.78, 5) is 31.0. The summed E-state index contributed by atoms with van der Waals surface area (Å²) in [5.41, 5.74) is 1.41. The van der Waals surface area contributed by atoms with Crippen molar-refractivity contribution >= 4 is 23.2 Å². The van der Waals surface area contributed by atoms with Crippen LogP contribution in [0, 0.1) is 11.8 Å². The van der Waals surface area contributed by atoms with Crippen LogP contribution in [0.2, 0.25) is 0 Å². The first-order chi connectivity index (χ1) is 13.4. The number of piperidine rings is 1. The number of esters is 1. The Hall–Kier alpha value is -2.41. The highest BCUT2D eigenvalue weighted by atomic mass is 32.1. The molecule has 0 spiro atoms. The quantitative estimate of drug-likeness (QED) is 0.710. The summed E-state index contributed by atoms with van der Waals surface area (Å²) in [6, 6.07) is 7.73. The Balaban J connectivity index is 1.67. The van der Waals surface area contributed by atoms with Crippen LogP contribution in [-0.4, -0.2) is 48.1 Å². The summed E-state index contributed by atoms with van der Waals surface area (Å²) in [5.74, 6) is 0.454. The zero-order valence-corrected chi connectivity index (χ0v) is 17.5. The Kier molecular flexibility index (Phi) is 6.34. The first kappa shape index (κ1) is 20.3. The van der Waals surface area contributed by atoms with E-state index in [1.807, 2.05) is 45.0 Å². The Bertz CT molecular complexity index is 831. The van der Waals surface area contributed by atoms with Gasteiger partial charge in [-0.15, -0.1) is 11.3 Å². The van der Waals surface area contributed by atoms with E-state index in [1.165, 1.54) is 18.4 Å². The molecule has 0 radical (unpaired) electrons. The molecular weight excluding hydrogens is 376 g/mol. The van der Waals surface area contributed by atoms with E-state index < -0.39 is 0 Å². The van der Waals surface area contributed by atoms with Crippen molar-refractivity contribution in [2.45, 2.75) is 33.3 Å². The molecule has 1 saturated heterocycles. The number of hydrogen-bond donors (Lipinski definition) is 0. The van der Waals surface area contributed by atoms with Crippen molar-refractivity contribution in [3.8, 4) is 16.3 Å². The van der Waals surface area contributed by atoms with Gasteiger partial charge in [-0.25, -0.2) is 4.98 Å². The van der Waals surface area contributed by atoms with Crippen LogP contribution in [0.15, 0.2) is 29.6 Å². The van der Waals surface area contributed by atoms with Gasteiger partial charge in [0.2, 0.25) is 0 Å². The van der Waals surface area contributed by atoms with Crippen molar-refractivity contribution in [3.63, 3.8) is 0 Å². The molecule has 0 bridgehead atoms. The lowest BCUT2D eigenvalue weighted by Gasteiger charge is -2.35. The molecule has 0 N–H and O–H groups in total. The third-order valence-corrected chi connectivity index (χ3v) is 5.78. The number of amides is 1. The Labute approximate surface area is 169 Å². The second-order valence-electron chi connectivity index (χ2n) is 7.38. The molecule has 1 fully saturated rings. The van der Waals surface area contributed by atoms with E-state index in [-0.39, 0.29) is 29.8 Å². The molecule has 6 nitrogen and oxygen atoms in total. The number of carbonyl (C=O) groups is 2. The minimum absolute atomic E-state index is 0.0664. The molecule has 150 valence electrons. The number of thiazole rings is 1. The van der Waals surface area contributed by atoms with Crippen LogP contribution < -0.4 is 4.74 Å². The van der Waals surface area contributed by atoms with E-state index in [4.69, 9.17) is 9.47 Å². The van der Waals surface area contributed by atoms with E-state index in [9.17, 15) is 9.59 Å². The molecule has 3 rings (SSSR count). The standard InChI is InChI=1S/C21H26N2O4S/c1-13(2)27-16-7-5-15(6-8-16)19-22-18(12-28-19)20(24)23-10-9-17(14(3)11-23)21(25)26-4/h5-8,12-14,17H,9-11H2,1-4H3/t14-,17-/m1/s1. The highest BCUT2D eigenvalue weighted by Gasteiger charge is 2.34. The van der Waals surface area contributed by atoms with Crippen LogP contribution in [0.4, 0.5) is 0 Å². The first-order valence-corrected chi connectivity index (χ1v) is 10.4. The Morgan fingerprint density at radius 3 is 2.57 bits per heavy atom. The topological polar surface area (TPSA) is 68.7 Å². The zero-order valence-electron chi connectivity index (χ0n) is 16.7. The van der Waals surface area contributed by atoms with Gasteiger partial charge in [0.05, 0.1) is 19.1 Å². The summed E-state index contributed by atoms with van der Waals surface area (Å²) < 4.78 is 10.5. The molecule has 2 aromatic rings. The summed E-state index contributed by atoms with van der Waals surface area (Å²) in [7, 11) is 1.41. The molecule has 1 aliphatic rings. The fraction of sp³-hybridized carbons (Fsp3) is 0.476. The highest BCUT2D eigenvalue weighted by Crippen LogP contribution is 2.29. The van der Waals surface area contributed by atoms with Gasteiger partial charge in [-0.3, -0.25) is 9.59 Å². The molecule has 0 unspecified atom stereocenters. The van der Waals surface area contributed by atoms with Crippen molar-refractivity contribution in [1.29, 1.82) is 0 Å². The van der Waals surface area contributed by atoms with E-state index in [2.05, 4.69) is 4.98 Å². The fourth-order valence-electron chi connectivity index (χ4n) is 3.45. The van der Waals surface area contributed by atoms with E-state index in [1.54, 1.807) is 10.3 Å². The number of carbonyl (C=O) groups excluding carboxylic acids is 2. The van der Waals surface area contributed by atoms with Gasteiger partial charge in [-0.2, -0.15) is 0 Å². The van der Waals surface area contributed by atoms with Gasteiger partial charge in [0.15, 0.2) is 0 Å². The Morgan fingerprint density at radius 1 is 1.25 bits per heavy atom. The van der Waals surface area contributed by atoms with Crippen molar-refractivity contribution in [1.82, 2.24) is 9.88 Å². The van der Waals surface area contributed by atoms with Gasteiger partial charge in [-0.1, -0.05) is 6.92 Å². The maximum absolute atomic E-state index is 12.8. The van der Waals surface area contributed by atoms with Crippen LogP contribution in [0.1, 0.15) is 37.7 Å². The van der Waals surface area contributed by atoms with Crippen LogP contribution in [-0.2, 0) is 9.53 Å². The highest BCUT2D eigenvalue weighted by molar-refractivity contribution is 7.13. The molecule has 1 aromatic heterocycles. The lowest BCUT2D eigenvalue weighted by molar-refractivity contribution is -0.148. The molecule has 1 amide bonds. The molecule has 1 aromatic carbocycles. The second-order valence-corrected chi connectivity index (χ2v) is 8.23. The average Bonchev–Trinajstić information content (AvgIpc) is 3.17. The molecule has 1 aliphatic heterocycles. The van der Waals surface area contributed by atoms with Gasteiger partial charge in [0, 0.05) is 24.0 Å². The van der Waals surface area contributed by atoms with Gasteiger partial charge < -0.3 is 14.4 Å². The Morgan fingerprint density at radius 2 is 1.96 bits per heavy atom. The summed E-state index contributed by atoms with van der Waals surface area (Å²) >= 11 is 1.45. The van der Waals surface area contributed by atoms with Crippen LogP contribution >= 0.6 is 11.3 Å². The number of methoxy groups -OCH3 is 1.